The molecular formula is C12H16F3NO4S. The van der Waals surface area contributed by atoms with Gasteiger partial charge in [-0.3, -0.25) is 0 Å². The van der Waals surface area contributed by atoms with Gasteiger partial charge in [-0.1, -0.05) is 18.3 Å². The van der Waals surface area contributed by atoms with Gasteiger partial charge in [0.1, 0.15) is 22.5 Å². The van der Waals surface area contributed by atoms with Crippen molar-refractivity contribution < 1.29 is 33.2 Å². The van der Waals surface area contributed by atoms with Crippen LogP contribution in [0.15, 0.2) is 18.2 Å². The zero-order chi connectivity index (χ0) is 16.0. The second-order valence-electron chi connectivity index (χ2n) is 4.36. The molecular weight excluding hydrogens is 311 g/mol. The van der Waals surface area contributed by atoms with E-state index in [4.69, 9.17) is 20.1 Å². The Bertz CT molecular complexity index is 494. The van der Waals surface area contributed by atoms with E-state index in [1.165, 1.54) is 12.1 Å². The summed E-state index contributed by atoms with van der Waals surface area (Å²) in [6.07, 6.45) is -6.18. The minimum Gasteiger partial charge on any atom is -0.394 e. The van der Waals surface area contributed by atoms with Crippen molar-refractivity contribution in [2.45, 2.75) is 30.9 Å². The quantitative estimate of drug-likeness (QED) is 0.584. The number of aromatic amines is 1. The predicted molar refractivity (Wildman–Crippen MR) is 70.1 cm³/mol. The Morgan fingerprint density at radius 2 is 2.00 bits per heavy atom. The molecule has 0 radical (unpaired) electrons. The molecule has 4 N–H and O–H groups in total. The largest absolute Gasteiger partial charge is 0.431 e. The molecule has 3 atom stereocenters. The zero-order valence-electron chi connectivity index (χ0n) is 10.9. The summed E-state index contributed by atoms with van der Waals surface area (Å²) in [6, 6.07) is 3.60. The molecule has 5 nitrogen and oxygen atoms in total. The number of nitrogens with one attached hydrogen (secondary N) is 1. The lowest BCUT2D eigenvalue weighted by molar-refractivity contribution is -0.147. The molecule has 0 aromatic carbocycles. The number of alkyl halides is 3. The highest BCUT2D eigenvalue weighted by Crippen LogP contribution is 2.26. The lowest BCUT2D eigenvalue weighted by Gasteiger charge is -2.30. The van der Waals surface area contributed by atoms with Crippen LogP contribution in [-0.4, -0.2) is 51.8 Å². The van der Waals surface area contributed by atoms with Gasteiger partial charge in [-0.2, -0.15) is 13.2 Å². The lowest BCUT2D eigenvalue weighted by atomic mass is 10.0. The van der Waals surface area contributed by atoms with Crippen LogP contribution in [0.3, 0.4) is 0 Å². The van der Waals surface area contributed by atoms with E-state index in [2.05, 4.69) is 12.2 Å². The third-order valence-corrected chi connectivity index (χ3v) is 3.01. The van der Waals surface area contributed by atoms with Crippen LogP contribution in [0.1, 0.15) is 12.1 Å². The molecule has 3 unspecified atom stereocenters. The molecule has 2 rings (SSSR count). The van der Waals surface area contributed by atoms with E-state index in [1.54, 1.807) is 0 Å². The summed E-state index contributed by atoms with van der Waals surface area (Å²) < 4.78 is 40.7. The van der Waals surface area contributed by atoms with E-state index < -0.39 is 30.2 Å². The summed E-state index contributed by atoms with van der Waals surface area (Å²) in [5.41, 5.74) is -0.815. The number of H-pyrrole nitrogens is 1. The highest BCUT2D eigenvalue weighted by molar-refractivity contribution is 7.71. The molecule has 0 aliphatic carbocycles. The number of aliphatic hydroxyl groups excluding tert-OH is 3. The maximum atomic E-state index is 11.9. The van der Waals surface area contributed by atoms with E-state index in [0.29, 0.717) is 13.0 Å². The van der Waals surface area contributed by atoms with Gasteiger partial charge in [-0.05, 0) is 18.6 Å². The Morgan fingerprint density at radius 1 is 1.33 bits per heavy atom. The highest BCUT2D eigenvalue weighted by atomic mass is 32.1. The average Bonchev–Trinajstić information content (AvgIpc) is 2.42. The SMILES string of the molecule is FC(F)(F)c1cccc(=S)[nH]1.OCC1OCCC(O)C1O. The van der Waals surface area contributed by atoms with Gasteiger partial charge in [0.25, 0.3) is 0 Å². The second kappa shape index (κ2) is 7.85. The van der Waals surface area contributed by atoms with Gasteiger partial charge in [0, 0.05) is 6.61 Å². The van der Waals surface area contributed by atoms with Crippen molar-refractivity contribution in [1.29, 1.82) is 0 Å². The predicted octanol–water partition coefficient (Wildman–Crippen LogP) is 1.25. The molecule has 1 saturated heterocycles. The van der Waals surface area contributed by atoms with Crippen LogP contribution >= 0.6 is 12.2 Å². The Hall–Kier alpha value is -1.00. The van der Waals surface area contributed by atoms with Gasteiger partial charge >= 0.3 is 6.18 Å². The first-order valence-corrected chi connectivity index (χ1v) is 6.51. The first kappa shape index (κ1) is 18.1. The molecule has 1 aliphatic heterocycles. The maximum Gasteiger partial charge on any atom is 0.431 e. The molecule has 0 saturated carbocycles. The second-order valence-corrected chi connectivity index (χ2v) is 4.80. The molecule has 2 heterocycles. The summed E-state index contributed by atoms with van der Waals surface area (Å²) in [5, 5.41) is 26.7. The van der Waals surface area contributed by atoms with Gasteiger partial charge in [0.2, 0.25) is 0 Å². The third kappa shape index (κ3) is 5.71. The number of hydrogen-bond donors (Lipinski definition) is 4. The summed E-state index contributed by atoms with van der Waals surface area (Å²) in [6.45, 7) is 0.168. The van der Waals surface area contributed by atoms with Crippen molar-refractivity contribution in [1.82, 2.24) is 4.98 Å². The highest BCUT2D eigenvalue weighted by Gasteiger charge is 2.31. The van der Waals surface area contributed by atoms with Crippen molar-refractivity contribution in [3.63, 3.8) is 0 Å². The molecule has 1 aliphatic rings. The number of aliphatic hydroxyl groups is 3. The topological polar surface area (TPSA) is 85.7 Å². The maximum absolute atomic E-state index is 11.9. The minimum atomic E-state index is -4.34. The summed E-state index contributed by atoms with van der Waals surface area (Å²) in [5.74, 6) is 0. The molecule has 1 aromatic rings. The summed E-state index contributed by atoms with van der Waals surface area (Å²) in [4.78, 5) is 2.04. The van der Waals surface area contributed by atoms with E-state index in [-0.39, 0.29) is 11.2 Å². The molecule has 1 aromatic heterocycles. The number of pyridine rings is 1. The number of halogens is 3. The first-order valence-electron chi connectivity index (χ1n) is 6.11. The van der Waals surface area contributed by atoms with Crippen LogP contribution in [0, 0.1) is 4.64 Å². The van der Waals surface area contributed by atoms with Gasteiger partial charge in [-0.15, -0.1) is 0 Å². The van der Waals surface area contributed by atoms with Gasteiger partial charge < -0.3 is 25.0 Å². The van der Waals surface area contributed by atoms with Gasteiger partial charge in [0.15, 0.2) is 0 Å². The van der Waals surface area contributed by atoms with Crippen molar-refractivity contribution in [2.24, 2.45) is 0 Å². The molecule has 9 heteroatoms. The Morgan fingerprint density at radius 3 is 2.43 bits per heavy atom. The van der Waals surface area contributed by atoms with E-state index >= 15 is 0 Å². The fraction of sp³-hybridized carbons (Fsp3) is 0.583. The average molecular weight is 327 g/mol. The molecule has 1 fully saturated rings. The zero-order valence-corrected chi connectivity index (χ0v) is 11.7. The van der Waals surface area contributed by atoms with Gasteiger partial charge in [0.05, 0.1) is 12.7 Å². The van der Waals surface area contributed by atoms with Crippen LogP contribution in [0.2, 0.25) is 0 Å². The van der Waals surface area contributed by atoms with E-state index in [9.17, 15) is 13.2 Å². The fourth-order valence-corrected chi connectivity index (χ4v) is 1.82. The monoisotopic (exact) mass is 327 g/mol. The third-order valence-electron chi connectivity index (χ3n) is 2.77. The van der Waals surface area contributed by atoms with E-state index in [0.717, 1.165) is 6.07 Å². The number of hydrogen-bond acceptors (Lipinski definition) is 5. The van der Waals surface area contributed by atoms with Crippen molar-refractivity contribution in [2.75, 3.05) is 13.2 Å². The minimum absolute atomic E-state index is 0.0832. The molecule has 21 heavy (non-hydrogen) atoms. The van der Waals surface area contributed by atoms with Gasteiger partial charge in [-0.25, -0.2) is 0 Å². The normalized spacial score (nSPS) is 25.9. The Kier molecular flexibility index (Phi) is 6.75. The molecule has 0 bridgehead atoms. The Balaban J connectivity index is 0.000000211. The van der Waals surface area contributed by atoms with Crippen LogP contribution in [0.4, 0.5) is 13.2 Å². The number of ether oxygens (including phenoxy) is 1. The van der Waals surface area contributed by atoms with Crippen molar-refractivity contribution in [3.8, 4) is 0 Å². The molecule has 0 spiro atoms. The standard InChI is InChI=1S/C6H4F3NS.C6H12O4/c7-6(8,9)4-2-1-3-5(11)10-4;7-3-5-6(9)4(8)1-2-10-5/h1-3H,(H,10,11);4-9H,1-3H2. The van der Waals surface area contributed by atoms with Crippen LogP contribution in [0.5, 0.6) is 0 Å². The van der Waals surface area contributed by atoms with Crippen molar-refractivity contribution in [3.05, 3.63) is 28.5 Å². The first-order chi connectivity index (χ1) is 9.75. The lowest BCUT2D eigenvalue weighted by Crippen LogP contribution is -2.46. The van der Waals surface area contributed by atoms with E-state index in [1.807, 2.05) is 4.98 Å². The van der Waals surface area contributed by atoms with Crippen molar-refractivity contribution >= 4 is 12.2 Å². The number of aromatic nitrogens is 1. The smallest absolute Gasteiger partial charge is 0.394 e. The molecule has 0 amide bonds. The summed E-state index contributed by atoms with van der Waals surface area (Å²) >= 11 is 4.51. The number of rotatable bonds is 1. The molecule has 120 valence electrons. The summed E-state index contributed by atoms with van der Waals surface area (Å²) in [7, 11) is 0. The van der Waals surface area contributed by atoms with Crippen LogP contribution in [-0.2, 0) is 10.9 Å². The fourth-order valence-electron chi connectivity index (χ4n) is 1.63. The van der Waals surface area contributed by atoms with Crippen LogP contribution in [0.25, 0.3) is 0 Å². The Labute approximate surface area is 124 Å². The van der Waals surface area contributed by atoms with Crippen LogP contribution < -0.4 is 0 Å².